The van der Waals surface area contributed by atoms with Gasteiger partial charge < -0.3 is 10.5 Å². The van der Waals surface area contributed by atoms with Crippen LogP contribution in [0.25, 0.3) is 6.08 Å². The monoisotopic (exact) mass is 357 g/mol. The Labute approximate surface area is 157 Å². The van der Waals surface area contributed by atoms with Gasteiger partial charge in [-0.15, -0.1) is 0 Å². The number of carbonyl (C=O) groups excluding carboxylic acids is 2. The molecule has 0 radical (unpaired) electrons. The third-order valence-electron chi connectivity index (χ3n) is 3.91. The number of ketones is 1. The molecule has 0 aromatic heterocycles. The van der Waals surface area contributed by atoms with E-state index in [9.17, 15) is 9.59 Å². The van der Waals surface area contributed by atoms with E-state index in [2.05, 4.69) is 0 Å². The molecule has 4 heteroatoms. The van der Waals surface area contributed by atoms with Gasteiger partial charge in [-0.25, -0.2) is 4.79 Å². The van der Waals surface area contributed by atoms with E-state index in [1.165, 1.54) is 6.08 Å². The van der Waals surface area contributed by atoms with Crippen molar-refractivity contribution in [2.75, 3.05) is 5.73 Å². The number of anilines is 1. The minimum Gasteiger partial charge on any atom is -0.423 e. The molecule has 3 rings (SSSR count). The lowest BCUT2D eigenvalue weighted by Crippen LogP contribution is -2.09. The average molecular weight is 357 g/mol. The molecule has 27 heavy (non-hydrogen) atoms. The molecule has 0 bridgehead atoms. The van der Waals surface area contributed by atoms with Crippen molar-refractivity contribution >= 4 is 23.5 Å². The molecular weight excluding hydrogens is 338 g/mol. The predicted octanol–water partition coefficient (Wildman–Crippen LogP) is 4.69. The van der Waals surface area contributed by atoms with Crippen LogP contribution in [0, 0.1) is 6.92 Å². The molecule has 0 fully saturated rings. The van der Waals surface area contributed by atoms with Gasteiger partial charge in [-0.3, -0.25) is 4.79 Å². The molecule has 2 N–H and O–H groups in total. The van der Waals surface area contributed by atoms with Crippen LogP contribution >= 0.6 is 0 Å². The molecule has 134 valence electrons. The van der Waals surface area contributed by atoms with Crippen LogP contribution in [0.15, 0.2) is 78.9 Å². The van der Waals surface area contributed by atoms with E-state index >= 15 is 0 Å². The molecule has 0 unspecified atom stereocenters. The summed E-state index contributed by atoms with van der Waals surface area (Å²) in [5.41, 5.74) is 9.06. The van der Waals surface area contributed by atoms with Crippen LogP contribution < -0.4 is 10.5 Å². The fraction of sp³-hybridized carbons (Fsp3) is 0.0435. The third kappa shape index (κ3) is 4.92. The number of aryl methyl sites for hydroxylation is 1. The van der Waals surface area contributed by atoms with E-state index in [0.717, 1.165) is 11.1 Å². The van der Waals surface area contributed by atoms with E-state index in [4.69, 9.17) is 10.5 Å². The summed E-state index contributed by atoms with van der Waals surface area (Å²) < 4.78 is 5.37. The van der Waals surface area contributed by atoms with Crippen LogP contribution in [-0.2, 0) is 0 Å². The van der Waals surface area contributed by atoms with Crippen molar-refractivity contribution in [3.8, 4) is 5.75 Å². The topological polar surface area (TPSA) is 69.4 Å². The molecule has 0 atom stereocenters. The van der Waals surface area contributed by atoms with Crippen LogP contribution in [0.5, 0.6) is 5.75 Å². The van der Waals surface area contributed by atoms with Crippen molar-refractivity contribution in [1.29, 1.82) is 0 Å². The molecular formula is C23H19NO3. The van der Waals surface area contributed by atoms with E-state index in [0.29, 0.717) is 22.6 Å². The lowest BCUT2D eigenvalue weighted by atomic mass is 10.1. The van der Waals surface area contributed by atoms with Crippen LogP contribution in [-0.4, -0.2) is 11.8 Å². The Bertz CT molecular complexity index is 970. The zero-order valence-corrected chi connectivity index (χ0v) is 14.9. The Morgan fingerprint density at radius 1 is 0.889 bits per heavy atom. The summed E-state index contributed by atoms with van der Waals surface area (Å²) in [4.78, 5) is 24.3. The highest BCUT2D eigenvalue weighted by molar-refractivity contribution is 6.06. The number of nitrogen functional groups attached to an aromatic ring is 1. The van der Waals surface area contributed by atoms with Gasteiger partial charge in [0, 0.05) is 11.3 Å². The summed E-state index contributed by atoms with van der Waals surface area (Å²) in [5.74, 6) is -0.109. The number of hydrogen-bond donors (Lipinski definition) is 1. The highest BCUT2D eigenvalue weighted by atomic mass is 16.5. The second-order valence-electron chi connectivity index (χ2n) is 6.15. The summed E-state index contributed by atoms with van der Waals surface area (Å²) >= 11 is 0. The zero-order valence-electron chi connectivity index (χ0n) is 14.9. The van der Waals surface area contributed by atoms with Gasteiger partial charge in [0.25, 0.3) is 0 Å². The number of nitrogens with two attached hydrogens (primary N) is 1. The van der Waals surface area contributed by atoms with Gasteiger partial charge in [0.15, 0.2) is 5.78 Å². The molecule has 4 nitrogen and oxygen atoms in total. The number of esters is 1. The Kier molecular flexibility index (Phi) is 5.47. The second-order valence-corrected chi connectivity index (χ2v) is 6.15. The number of hydrogen-bond acceptors (Lipinski definition) is 4. The van der Waals surface area contributed by atoms with E-state index in [1.807, 2.05) is 25.1 Å². The van der Waals surface area contributed by atoms with Crippen LogP contribution in [0.1, 0.15) is 31.8 Å². The molecule has 0 aliphatic carbocycles. The summed E-state index contributed by atoms with van der Waals surface area (Å²) in [6.07, 6.45) is 3.24. The lowest BCUT2D eigenvalue weighted by Gasteiger charge is -2.06. The molecule has 0 aliphatic heterocycles. The van der Waals surface area contributed by atoms with Crippen LogP contribution in [0.4, 0.5) is 5.69 Å². The fourth-order valence-electron chi connectivity index (χ4n) is 2.61. The zero-order chi connectivity index (χ0) is 19.2. The van der Waals surface area contributed by atoms with Crippen molar-refractivity contribution in [1.82, 2.24) is 0 Å². The number of rotatable bonds is 5. The van der Waals surface area contributed by atoms with Gasteiger partial charge >= 0.3 is 5.97 Å². The minimum atomic E-state index is -0.465. The first-order valence-electron chi connectivity index (χ1n) is 8.48. The smallest absolute Gasteiger partial charge is 0.343 e. The summed E-state index contributed by atoms with van der Waals surface area (Å²) in [6, 6.07) is 21.1. The van der Waals surface area contributed by atoms with E-state index in [-0.39, 0.29) is 5.78 Å². The fourth-order valence-corrected chi connectivity index (χ4v) is 2.61. The normalized spacial score (nSPS) is 10.7. The first kappa shape index (κ1) is 18.1. The summed E-state index contributed by atoms with van der Waals surface area (Å²) in [6.45, 7) is 1.87. The minimum absolute atomic E-state index is 0.0665. The van der Waals surface area contributed by atoms with Crippen LogP contribution in [0.2, 0.25) is 0 Å². The maximum absolute atomic E-state index is 12.2. The molecule has 0 saturated heterocycles. The van der Waals surface area contributed by atoms with Crippen molar-refractivity contribution in [3.05, 3.63) is 101 Å². The molecule has 0 heterocycles. The van der Waals surface area contributed by atoms with Crippen molar-refractivity contribution < 1.29 is 14.3 Å². The SMILES string of the molecule is Cc1cc(N)cc(C(=O)Oc2ccc(C=CC(=O)c3ccccc3)cc2)c1. The Hall–Kier alpha value is -3.66. The van der Waals surface area contributed by atoms with Gasteiger partial charge in [-0.05, 0) is 54.5 Å². The standard InChI is InChI=1S/C23H19NO3/c1-16-13-19(15-20(24)14-16)23(26)27-21-10-7-17(8-11-21)9-12-22(25)18-5-3-2-4-6-18/h2-15H,24H2,1H3. The third-order valence-corrected chi connectivity index (χ3v) is 3.91. The highest BCUT2D eigenvalue weighted by Crippen LogP contribution is 2.17. The lowest BCUT2D eigenvalue weighted by molar-refractivity contribution is 0.0734. The molecule has 0 amide bonds. The van der Waals surface area contributed by atoms with Gasteiger partial charge in [-0.1, -0.05) is 48.5 Å². The average Bonchev–Trinajstić information content (AvgIpc) is 2.67. The largest absolute Gasteiger partial charge is 0.423 e. The number of ether oxygens (including phenoxy) is 1. The molecule has 3 aromatic rings. The first-order chi connectivity index (χ1) is 13.0. The Morgan fingerprint density at radius 2 is 1.59 bits per heavy atom. The first-order valence-corrected chi connectivity index (χ1v) is 8.48. The van der Waals surface area contributed by atoms with Gasteiger partial charge in [-0.2, -0.15) is 0 Å². The maximum atomic E-state index is 12.2. The second kappa shape index (κ2) is 8.15. The van der Waals surface area contributed by atoms with Gasteiger partial charge in [0.1, 0.15) is 5.75 Å². The predicted molar refractivity (Wildman–Crippen MR) is 107 cm³/mol. The molecule has 0 saturated carbocycles. The van der Waals surface area contributed by atoms with Crippen molar-refractivity contribution in [2.45, 2.75) is 6.92 Å². The molecule has 0 aliphatic rings. The Morgan fingerprint density at radius 3 is 2.26 bits per heavy atom. The Balaban J connectivity index is 1.65. The van der Waals surface area contributed by atoms with Crippen molar-refractivity contribution in [3.63, 3.8) is 0 Å². The highest BCUT2D eigenvalue weighted by Gasteiger charge is 2.10. The molecule has 3 aromatic carbocycles. The molecule has 0 spiro atoms. The number of benzene rings is 3. The summed E-state index contributed by atoms with van der Waals surface area (Å²) in [7, 11) is 0. The van der Waals surface area contributed by atoms with Gasteiger partial charge in [0.05, 0.1) is 5.56 Å². The van der Waals surface area contributed by atoms with Crippen LogP contribution in [0.3, 0.4) is 0 Å². The van der Waals surface area contributed by atoms with Gasteiger partial charge in [0.2, 0.25) is 0 Å². The van der Waals surface area contributed by atoms with E-state index < -0.39 is 5.97 Å². The van der Waals surface area contributed by atoms with Crippen molar-refractivity contribution in [2.24, 2.45) is 0 Å². The summed E-state index contributed by atoms with van der Waals surface area (Å²) in [5, 5.41) is 0. The van der Waals surface area contributed by atoms with E-state index in [1.54, 1.807) is 60.7 Å². The maximum Gasteiger partial charge on any atom is 0.343 e. The number of carbonyl (C=O) groups is 2. The number of allylic oxidation sites excluding steroid dienone is 1. The quantitative estimate of drug-likeness (QED) is 0.236.